The molecule has 0 saturated carbocycles. The lowest BCUT2D eigenvalue weighted by atomic mass is 9.99. The number of para-hydroxylation sites is 1. The van der Waals surface area contributed by atoms with Gasteiger partial charge in [0.05, 0.1) is 23.0 Å². The number of hydrogen-bond donors (Lipinski definition) is 0. The van der Waals surface area contributed by atoms with Crippen LogP contribution in [-0.2, 0) is 0 Å². The van der Waals surface area contributed by atoms with E-state index in [0.717, 1.165) is 5.69 Å². The summed E-state index contributed by atoms with van der Waals surface area (Å²) in [6.45, 7) is 7.81. The molecule has 20 heavy (non-hydrogen) atoms. The normalized spacial score (nSPS) is 11.3. The molecule has 0 unspecified atom stereocenters. The van der Waals surface area contributed by atoms with E-state index in [2.05, 4.69) is 5.10 Å². The van der Waals surface area contributed by atoms with Gasteiger partial charge in [0.1, 0.15) is 0 Å². The Hall–Kier alpha value is -2.10. The van der Waals surface area contributed by atoms with Crippen molar-refractivity contribution >= 4 is 5.97 Å². The maximum atomic E-state index is 11.5. The number of aromatic nitrogens is 2. The van der Waals surface area contributed by atoms with Crippen LogP contribution in [-0.4, -0.2) is 15.7 Å². The SMILES string of the molecule is CC(C)c1nn(-c2ccccc2)c(C(C)C)c1C(=O)[O-]. The predicted molar refractivity (Wildman–Crippen MR) is 76.1 cm³/mol. The van der Waals surface area contributed by atoms with Gasteiger partial charge in [-0.05, 0) is 24.0 Å². The topological polar surface area (TPSA) is 58.0 Å². The molecule has 2 aromatic rings. The van der Waals surface area contributed by atoms with Crippen LogP contribution in [0.2, 0.25) is 0 Å². The number of aromatic carboxylic acids is 1. The number of carboxylic acid groups (broad SMARTS) is 1. The van der Waals surface area contributed by atoms with Gasteiger partial charge >= 0.3 is 0 Å². The van der Waals surface area contributed by atoms with Crippen molar-refractivity contribution in [1.82, 2.24) is 9.78 Å². The van der Waals surface area contributed by atoms with Crippen LogP contribution < -0.4 is 5.11 Å². The molecule has 1 aromatic carbocycles. The average molecular weight is 271 g/mol. The molecule has 2 rings (SSSR count). The number of carbonyl (C=O) groups is 1. The summed E-state index contributed by atoms with van der Waals surface area (Å²) in [6, 6.07) is 9.58. The molecule has 106 valence electrons. The molecule has 4 nitrogen and oxygen atoms in total. The van der Waals surface area contributed by atoms with E-state index in [1.807, 2.05) is 58.0 Å². The first kappa shape index (κ1) is 14.3. The smallest absolute Gasteiger partial charge is 0.0752 e. The van der Waals surface area contributed by atoms with Crippen LogP contribution in [0.25, 0.3) is 5.69 Å². The second kappa shape index (κ2) is 5.49. The summed E-state index contributed by atoms with van der Waals surface area (Å²) in [6.07, 6.45) is 0. The molecule has 0 fully saturated rings. The first-order chi connectivity index (χ1) is 9.43. The zero-order chi connectivity index (χ0) is 14.9. The van der Waals surface area contributed by atoms with Gasteiger partial charge in [-0.2, -0.15) is 5.10 Å². The van der Waals surface area contributed by atoms with Gasteiger partial charge in [-0.15, -0.1) is 0 Å². The molecule has 1 aromatic heterocycles. The molecule has 0 atom stereocenters. The van der Waals surface area contributed by atoms with Crippen molar-refractivity contribution in [2.24, 2.45) is 0 Å². The van der Waals surface area contributed by atoms with Crippen LogP contribution in [0.15, 0.2) is 30.3 Å². The van der Waals surface area contributed by atoms with Crippen LogP contribution >= 0.6 is 0 Å². The quantitative estimate of drug-likeness (QED) is 0.858. The summed E-state index contributed by atoms with van der Waals surface area (Å²) < 4.78 is 1.73. The molecule has 0 bridgehead atoms. The monoisotopic (exact) mass is 271 g/mol. The Morgan fingerprint density at radius 2 is 1.70 bits per heavy atom. The maximum Gasteiger partial charge on any atom is 0.0752 e. The highest BCUT2D eigenvalue weighted by Gasteiger charge is 2.23. The molecule has 0 N–H and O–H groups in total. The number of nitrogens with zero attached hydrogens (tertiary/aromatic N) is 2. The average Bonchev–Trinajstić information content (AvgIpc) is 2.80. The zero-order valence-electron chi connectivity index (χ0n) is 12.3. The van der Waals surface area contributed by atoms with Gasteiger partial charge < -0.3 is 9.90 Å². The molecule has 0 saturated heterocycles. The van der Waals surface area contributed by atoms with Crippen molar-refractivity contribution in [2.75, 3.05) is 0 Å². The van der Waals surface area contributed by atoms with Crippen LogP contribution in [0, 0.1) is 0 Å². The molecule has 4 heteroatoms. The number of hydrogen-bond acceptors (Lipinski definition) is 3. The lowest BCUT2D eigenvalue weighted by Crippen LogP contribution is -2.25. The predicted octanol–water partition coefficient (Wildman–Crippen LogP) is 2.48. The summed E-state index contributed by atoms with van der Waals surface area (Å²) in [5.74, 6) is -1.08. The van der Waals surface area contributed by atoms with Crippen LogP contribution in [0.4, 0.5) is 0 Å². The molecule has 0 amide bonds. The molecule has 0 aliphatic heterocycles. The first-order valence-electron chi connectivity index (χ1n) is 6.83. The van der Waals surface area contributed by atoms with Crippen molar-refractivity contribution < 1.29 is 9.90 Å². The van der Waals surface area contributed by atoms with Gasteiger partial charge in [0.15, 0.2) is 0 Å². The Bertz CT molecular complexity index is 613. The van der Waals surface area contributed by atoms with Crippen LogP contribution in [0.1, 0.15) is 61.3 Å². The molecule has 0 radical (unpaired) electrons. The fourth-order valence-electron chi connectivity index (χ4n) is 2.36. The lowest BCUT2D eigenvalue weighted by molar-refractivity contribution is -0.255. The zero-order valence-corrected chi connectivity index (χ0v) is 12.3. The van der Waals surface area contributed by atoms with Gasteiger partial charge in [-0.25, -0.2) is 4.68 Å². The molecule has 0 spiro atoms. The summed E-state index contributed by atoms with van der Waals surface area (Å²) in [4.78, 5) is 11.5. The second-order valence-corrected chi connectivity index (χ2v) is 5.49. The Kier molecular flexibility index (Phi) is 3.93. The third kappa shape index (κ3) is 2.46. The second-order valence-electron chi connectivity index (χ2n) is 5.49. The van der Waals surface area contributed by atoms with Crippen LogP contribution in [0.5, 0.6) is 0 Å². The van der Waals surface area contributed by atoms with Crippen molar-refractivity contribution in [3.05, 3.63) is 47.3 Å². The summed E-state index contributed by atoms with van der Waals surface area (Å²) in [7, 11) is 0. The molecule has 0 aliphatic rings. The molecular formula is C16H19N2O2-. The molecule has 0 aliphatic carbocycles. The first-order valence-corrected chi connectivity index (χ1v) is 6.83. The van der Waals surface area contributed by atoms with E-state index in [0.29, 0.717) is 11.4 Å². The third-order valence-corrected chi connectivity index (χ3v) is 3.25. The number of carbonyl (C=O) groups excluding carboxylic acids is 1. The van der Waals surface area contributed by atoms with E-state index in [1.165, 1.54) is 0 Å². The lowest BCUT2D eigenvalue weighted by Gasteiger charge is -2.13. The van der Waals surface area contributed by atoms with Crippen molar-refractivity contribution in [3.8, 4) is 5.69 Å². The van der Waals surface area contributed by atoms with Gasteiger partial charge in [0.2, 0.25) is 0 Å². The molecule has 1 heterocycles. The standard InChI is InChI=1S/C16H20N2O2/c1-10(2)14-13(16(19)20)15(11(3)4)18(17-14)12-8-6-5-7-9-12/h5-11H,1-4H3,(H,19,20)/p-1. The number of benzene rings is 1. The minimum Gasteiger partial charge on any atom is -0.545 e. The van der Waals surface area contributed by atoms with E-state index >= 15 is 0 Å². The van der Waals surface area contributed by atoms with E-state index in [9.17, 15) is 9.90 Å². The van der Waals surface area contributed by atoms with E-state index in [1.54, 1.807) is 4.68 Å². The third-order valence-electron chi connectivity index (χ3n) is 3.25. The van der Waals surface area contributed by atoms with Crippen molar-refractivity contribution in [1.29, 1.82) is 0 Å². The highest BCUT2D eigenvalue weighted by Crippen LogP contribution is 2.29. The summed E-state index contributed by atoms with van der Waals surface area (Å²) in [5.41, 5.74) is 2.38. The number of rotatable bonds is 4. The Labute approximate surface area is 119 Å². The van der Waals surface area contributed by atoms with E-state index < -0.39 is 5.97 Å². The largest absolute Gasteiger partial charge is 0.545 e. The summed E-state index contributed by atoms with van der Waals surface area (Å²) in [5, 5.41) is 16.0. The maximum absolute atomic E-state index is 11.5. The Balaban J connectivity index is 2.75. The van der Waals surface area contributed by atoms with E-state index in [-0.39, 0.29) is 17.4 Å². The van der Waals surface area contributed by atoms with Gasteiger partial charge in [-0.1, -0.05) is 45.9 Å². The highest BCUT2D eigenvalue weighted by molar-refractivity contribution is 5.89. The fraction of sp³-hybridized carbons (Fsp3) is 0.375. The highest BCUT2D eigenvalue weighted by atomic mass is 16.4. The van der Waals surface area contributed by atoms with Crippen molar-refractivity contribution in [2.45, 2.75) is 39.5 Å². The van der Waals surface area contributed by atoms with Gasteiger partial charge in [-0.3, -0.25) is 0 Å². The number of carboxylic acids is 1. The minimum atomic E-state index is -1.15. The Morgan fingerprint density at radius 1 is 1.10 bits per heavy atom. The minimum absolute atomic E-state index is 0.0327. The van der Waals surface area contributed by atoms with Gasteiger partial charge in [0, 0.05) is 5.56 Å². The van der Waals surface area contributed by atoms with Gasteiger partial charge in [0.25, 0.3) is 0 Å². The Morgan fingerprint density at radius 3 is 2.15 bits per heavy atom. The molecular weight excluding hydrogens is 252 g/mol. The van der Waals surface area contributed by atoms with E-state index in [4.69, 9.17) is 0 Å². The summed E-state index contributed by atoms with van der Waals surface area (Å²) >= 11 is 0. The van der Waals surface area contributed by atoms with Crippen molar-refractivity contribution in [3.63, 3.8) is 0 Å². The fourth-order valence-corrected chi connectivity index (χ4v) is 2.36. The van der Waals surface area contributed by atoms with Crippen LogP contribution in [0.3, 0.4) is 0 Å².